The highest BCUT2D eigenvalue weighted by atomic mass is 35.5. The van der Waals surface area contributed by atoms with Crippen molar-refractivity contribution in [1.29, 1.82) is 0 Å². The van der Waals surface area contributed by atoms with Gasteiger partial charge in [-0.05, 0) is 31.9 Å². The molecular formula is C14H17ClF3N. The number of nitrogens with one attached hydrogen (secondary N) is 1. The zero-order valence-electron chi connectivity index (χ0n) is 11.1. The van der Waals surface area contributed by atoms with Crippen molar-refractivity contribution in [3.05, 3.63) is 40.9 Å². The van der Waals surface area contributed by atoms with Gasteiger partial charge >= 0.3 is 6.18 Å². The van der Waals surface area contributed by atoms with Gasteiger partial charge in [-0.25, -0.2) is 0 Å². The molecule has 106 valence electrons. The first-order valence-corrected chi connectivity index (χ1v) is 6.25. The van der Waals surface area contributed by atoms with Crippen molar-refractivity contribution in [3.63, 3.8) is 0 Å². The van der Waals surface area contributed by atoms with E-state index in [1.807, 2.05) is 20.8 Å². The van der Waals surface area contributed by atoms with Gasteiger partial charge in [0.15, 0.2) is 0 Å². The van der Waals surface area contributed by atoms with Gasteiger partial charge in [-0.2, -0.15) is 13.2 Å². The SMILES string of the molecule is CC(C)(C)NC/C(=C(\Cl)C(F)(F)F)c1ccccc1. The van der Waals surface area contributed by atoms with E-state index in [-0.39, 0.29) is 17.7 Å². The fraction of sp³-hybridized carbons (Fsp3) is 0.429. The molecule has 0 aromatic heterocycles. The zero-order chi connectivity index (χ0) is 14.7. The van der Waals surface area contributed by atoms with Crippen molar-refractivity contribution in [1.82, 2.24) is 5.32 Å². The maximum Gasteiger partial charge on any atom is 0.427 e. The Bertz CT molecular complexity index is 444. The third kappa shape index (κ3) is 5.25. The molecule has 0 amide bonds. The Morgan fingerprint density at radius 1 is 1.11 bits per heavy atom. The van der Waals surface area contributed by atoms with Gasteiger partial charge in [0, 0.05) is 12.1 Å². The topological polar surface area (TPSA) is 12.0 Å². The molecule has 0 aliphatic carbocycles. The fourth-order valence-electron chi connectivity index (χ4n) is 1.47. The van der Waals surface area contributed by atoms with Crippen molar-refractivity contribution in [2.45, 2.75) is 32.5 Å². The summed E-state index contributed by atoms with van der Waals surface area (Å²) in [5, 5.41) is 1.96. The lowest BCUT2D eigenvalue weighted by Gasteiger charge is -2.23. The van der Waals surface area contributed by atoms with Crippen LogP contribution in [0.15, 0.2) is 35.4 Å². The number of alkyl halides is 3. The minimum atomic E-state index is -4.54. The fourth-order valence-corrected chi connectivity index (χ4v) is 1.65. The smallest absolute Gasteiger partial charge is 0.308 e. The third-order valence-corrected chi connectivity index (χ3v) is 2.87. The summed E-state index contributed by atoms with van der Waals surface area (Å²) in [6.07, 6.45) is -4.54. The number of hydrogen-bond donors (Lipinski definition) is 1. The van der Waals surface area contributed by atoms with Crippen LogP contribution in [0.3, 0.4) is 0 Å². The van der Waals surface area contributed by atoms with E-state index in [9.17, 15) is 13.2 Å². The van der Waals surface area contributed by atoms with Crippen LogP contribution in [0.5, 0.6) is 0 Å². The van der Waals surface area contributed by atoms with Gasteiger partial charge in [-0.15, -0.1) is 0 Å². The van der Waals surface area contributed by atoms with Gasteiger partial charge in [0.1, 0.15) is 5.03 Å². The van der Waals surface area contributed by atoms with E-state index in [0.717, 1.165) is 0 Å². The van der Waals surface area contributed by atoms with Crippen molar-refractivity contribution in [2.24, 2.45) is 0 Å². The van der Waals surface area contributed by atoms with E-state index < -0.39 is 11.2 Å². The lowest BCUT2D eigenvalue weighted by Crippen LogP contribution is -2.37. The summed E-state index contributed by atoms with van der Waals surface area (Å²) in [4.78, 5) is 0. The van der Waals surface area contributed by atoms with Crippen LogP contribution in [0, 0.1) is 0 Å². The zero-order valence-corrected chi connectivity index (χ0v) is 11.9. The lowest BCUT2D eigenvalue weighted by atomic mass is 10.0. The van der Waals surface area contributed by atoms with Crippen LogP contribution >= 0.6 is 11.6 Å². The van der Waals surface area contributed by atoms with Crippen LogP contribution in [0.1, 0.15) is 26.3 Å². The third-order valence-electron chi connectivity index (χ3n) is 2.43. The number of halogens is 4. The molecule has 0 aliphatic heterocycles. The second-order valence-corrected chi connectivity index (χ2v) is 5.64. The molecule has 19 heavy (non-hydrogen) atoms. The van der Waals surface area contributed by atoms with Gasteiger partial charge in [-0.3, -0.25) is 0 Å². The summed E-state index contributed by atoms with van der Waals surface area (Å²) >= 11 is 5.50. The molecular weight excluding hydrogens is 275 g/mol. The Balaban J connectivity index is 3.13. The van der Waals surface area contributed by atoms with E-state index in [1.54, 1.807) is 30.3 Å². The standard InChI is InChI=1S/C14H17ClF3N/c1-13(2,3)19-9-11(12(15)14(16,17)18)10-7-5-4-6-8-10/h4-8,19H,9H2,1-3H3/b12-11+. The molecule has 0 saturated carbocycles. The largest absolute Gasteiger partial charge is 0.427 e. The van der Waals surface area contributed by atoms with Crippen molar-refractivity contribution >= 4 is 17.2 Å². The van der Waals surface area contributed by atoms with Crippen LogP contribution < -0.4 is 5.32 Å². The van der Waals surface area contributed by atoms with Gasteiger partial charge in [-0.1, -0.05) is 41.9 Å². The van der Waals surface area contributed by atoms with E-state index >= 15 is 0 Å². The van der Waals surface area contributed by atoms with E-state index in [1.165, 1.54) is 0 Å². The van der Waals surface area contributed by atoms with Crippen molar-refractivity contribution in [3.8, 4) is 0 Å². The molecule has 1 aromatic carbocycles. The van der Waals surface area contributed by atoms with Crippen LogP contribution in [-0.2, 0) is 0 Å². The monoisotopic (exact) mass is 291 g/mol. The number of allylic oxidation sites excluding steroid dienone is 1. The summed E-state index contributed by atoms with van der Waals surface area (Å²) in [6, 6.07) is 8.36. The van der Waals surface area contributed by atoms with Crippen molar-refractivity contribution in [2.75, 3.05) is 6.54 Å². The minimum absolute atomic E-state index is 0.0599. The Morgan fingerprint density at radius 3 is 2.05 bits per heavy atom. The summed E-state index contributed by atoms with van der Waals surface area (Å²) in [7, 11) is 0. The molecule has 0 atom stereocenters. The minimum Gasteiger partial charge on any atom is -0.308 e. The predicted molar refractivity (Wildman–Crippen MR) is 73.0 cm³/mol. The highest BCUT2D eigenvalue weighted by molar-refractivity contribution is 6.33. The molecule has 5 heteroatoms. The second-order valence-electron chi connectivity index (χ2n) is 5.26. The van der Waals surface area contributed by atoms with Gasteiger partial charge in [0.25, 0.3) is 0 Å². The van der Waals surface area contributed by atoms with E-state index in [0.29, 0.717) is 5.56 Å². The average molecular weight is 292 g/mol. The van der Waals surface area contributed by atoms with Gasteiger partial charge < -0.3 is 5.32 Å². The van der Waals surface area contributed by atoms with Crippen LogP contribution in [0.2, 0.25) is 0 Å². The Kier molecular flexibility index (Phi) is 5.04. The van der Waals surface area contributed by atoms with E-state index in [2.05, 4.69) is 5.32 Å². The first kappa shape index (κ1) is 16.1. The van der Waals surface area contributed by atoms with Crippen LogP contribution in [-0.4, -0.2) is 18.3 Å². The maximum absolute atomic E-state index is 12.8. The Hall–Kier alpha value is -1.00. The molecule has 0 bridgehead atoms. The maximum atomic E-state index is 12.8. The lowest BCUT2D eigenvalue weighted by molar-refractivity contribution is -0.0841. The Labute approximate surface area is 116 Å². The Morgan fingerprint density at radius 2 is 1.63 bits per heavy atom. The molecule has 1 N–H and O–H groups in total. The summed E-state index contributed by atoms with van der Waals surface area (Å²) in [5.41, 5.74) is 0.245. The second kappa shape index (κ2) is 5.97. The highest BCUT2D eigenvalue weighted by Crippen LogP contribution is 2.35. The molecule has 1 nitrogen and oxygen atoms in total. The highest BCUT2D eigenvalue weighted by Gasteiger charge is 2.35. The molecule has 0 spiro atoms. The average Bonchev–Trinajstić information content (AvgIpc) is 2.27. The van der Waals surface area contributed by atoms with Crippen LogP contribution in [0.4, 0.5) is 13.2 Å². The summed E-state index contributed by atoms with van der Waals surface area (Å²) in [6.45, 7) is 5.72. The van der Waals surface area contributed by atoms with Crippen LogP contribution in [0.25, 0.3) is 5.57 Å². The van der Waals surface area contributed by atoms with Gasteiger partial charge in [0.2, 0.25) is 0 Å². The van der Waals surface area contributed by atoms with Crippen molar-refractivity contribution < 1.29 is 13.2 Å². The molecule has 0 radical (unpaired) electrons. The summed E-state index contributed by atoms with van der Waals surface area (Å²) in [5.74, 6) is 0. The molecule has 1 rings (SSSR count). The normalized spacial score (nSPS) is 14.3. The molecule has 1 aromatic rings. The quantitative estimate of drug-likeness (QED) is 0.859. The van der Waals surface area contributed by atoms with Gasteiger partial charge in [0.05, 0.1) is 0 Å². The molecule has 0 unspecified atom stereocenters. The predicted octanol–water partition coefficient (Wildman–Crippen LogP) is 4.59. The first-order chi connectivity index (χ1) is 8.61. The first-order valence-electron chi connectivity index (χ1n) is 5.87. The molecule has 0 saturated heterocycles. The van der Waals surface area contributed by atoms with E-state index in [4.69, 9.17) is 11.6 Å². The number of rotatable bonds is 3. The molecule has 0 fully saturated rings. The molecule has 0 heterocycles. The number of hydrogen-bond acceptors (Lipinski definition) is 1. The summed E-state index contributed by atoms with van der Waals surface area (Å²) < 4.78 is 38.4. The molecule has 0 aliphatic rings. The number of benzene rings is 1.